The van der Waals surface area contributed by atoms with Crippen LogP contribution in [0.2, 0.25) is 0 Å². The van der Waals surface area contributed by atoms with Gasteiger partial charge in [0.2, 0.25) is 0 Å². The fourth-order valence-corrected chi connectivity index (χ4v) is 2.39. The van der Waals surface area contributed by atoms with Crippen molar-refractivity contribution in [1.82, 2.24) is 14.8 Å². The van der Waals surface area contributed by atoms with E-state index in [4.69, 9.17) is 4.74 Å². The van der Waals surface area contributed by atoms with Crippen molar-refractivity contribution in [1.29, 1.82) is 0 Å². The Labute approximate surface area is 104 Å². The van der Waals surface area contributed by atoms with E-state index < -0.39 is 7.12 Å². The zero-order valence-electron chi connectivity index (χ0n) is 9.86. The van der Waals surface area contributed by atoms with Crippen LogP contribution in [0.1, 0.15) is 18.9 Å². The molecule has 3 heterocycles. The Morgan fingerprint density at radius 3 is 2.94 bits per heavy atom. The summed E-state index contributed by atoms with van der Waals surface area (Å²) in [5.74, 6) is 0. The first-order valence-electron chi connectivity index (χ1n) is 6.02. The molecule has 7 heteroatoms. The topological polar surface area (TPSA) is 80.4 Å². The van der Waals surface area contributed by atoms with E-state index in [0.717, 1.165) is 30.4 Å². The van der Waals surface area contributed by atoms with Gasteiger partial charge in [0, 0.05) is 23.7 Å². The summed E-state index contributed by atoms with van der Waals surface area (Å²) in [5, 5.41) is 23.7. The number of pyridine rings is 1. The molecule has 1 saturated heterocycles. The zero-order chi connectivity index (χ0) is 12.5. The average Bonchev–Trinajstić information content (AvgIpc) is 2.83. The van der Waals surface area contributed by atoms with Gasteiger partial charge in [0.25, 0.3) is 0 Å². The van der Waals surface area contributed by atoms with Crippen LogP contribution in [0, 0.1) is 0 Å². The van der Waals surface area contributed by atoms with Gasteiger partial charge in [-0.15, -0.1) is 0 Å². The lowest BCUT2D eigenvalue weighted by molar-refractivity contribution is 0.0565. The first kappa shape index (κ1) is 11.6. The molecule has 2 N–H and O–H groups in total. The molecule has 0 radical (unpaired) electrons. The molecule has 0 aliphatic carbocycles. The number of nitrogens with zero attached hydrogens (tertiary/aromatic N) is 3. The van der Waals surface area contributed by atoms with Crippen molar-refractivity contribution in [2.45, 2.75) is 18.9 Å². The van der Waals surface area contributed by atoms with Crippen LogP contribution in [-0.2, 0) is 4.74 Å². The average molecular weight is 247 g/mol. The van der Waals surface area contributed by atoms with Gasteiger partial charge in [-0.2, -0.15) is 5.10 Å². The molecule has 0 saturated carbocycles. The molecule has 0 spiro atoms. The van der Waals surface area contributed by atoms with Gasteiger partial charge in [-0.1, -0.05) is 0 Å². The monoisotopic (exact) mass is 247 g/mol. The summed E-state index contributed by atoms with van der Waals surface area (Å²) in [5.41, 5.74) is 1.20. The van der Waals surface area contributed by atoms with Crippen LogP contribution in [0.25, 0.3) is 10.9 Å². The van der Waals surface area contributed by atoms with Crippen LogP contribution in [-0.4, -0.2) is 45.1 Å². The van der Waals surface area contributed by atoms with Gasteiger partial charge in [-0.05, 0) is 12.8 Å². The molecule has 6 nitrogen and oxygen atoms in total. The van der Waals surface area contributed by atoms with Crippen LogP contribution in [0.4, 0.5) is 0 Å². The fraction of sp³-hybridized carbons (Fsp3) is 0.455. The molecule has 1 atom stereocenters. The number of ether oxygens (including phenoxy) is 1. The maximum atomic E-state index is 9.30. The number of aromatic nitrogens is 3. The predicted molar refractivity (Wildman–Crippen MR) is 66.4 cm³/mol. The third-order valence-electron chi connectivity index (χ3n) is 3.32. The number of hydrogen-bond acceptors (Lipinski definition) is 5. The lowest BCUT2D eigenvalue weighted by atomic mass is 9.79. The highest BCUT2D eigenvalue weighted by Gasteiger charge is 2.22. The standard InChI is InChI=1S/C11H14BN3O3/c16-12(17)10-5-13-6-11-9(10)4-14-15(11)8-2-1-3-18-7-8/h4-6,8,16-17H,1-3,7H2. The summed E-state index contributed by atoms with van der Waals surface area (Å²) in [4.78, 5) is 4.04. The minimum Gasteiger partial charge on any atom is -0.423 e. The Kier molecular flexibility index (Phi) is 3.03. The van der Waals surface area contributed by atoms with Gasteiger partial charge in [-0.25, -0.2) is 0 Å². The summed E-state index contributed by atoms with van der Waals surface area (Å²) in [6.07, 6.45) is 6.84. The van der Waals surface area contributed by atoms with Gasteiger partial charge in [-0.3, -0.25) is 9.67 Å². The van der Waals surface area contributed by atoms with E-state index in [2.05, 4.69) is 10.1 Å². The molecule has 0 bridgehead atoms. The second-order valence-electron chi connectivity index (χ2n) is 4.50. The molecule has 0 aromatic carbocycles. The largest absolute Gasteiger partial charge is 0.490 e. The van der Waals surface area contributed by atoms with E-state index in [-0.39, 0.29) is 6.04 Å². The summed E-state index contributed by atoms with van der Waals surface area (Å²) >= 11 is 0. The van der Waals surface area contributed by atoms with Gasteiger partial charge >= 0.3 is 7.12 Å². The molecule has 18 heavy (non-hydrogen) atoms. The van der Waals surface area contributed by atoms with Crippen molar-refractivity contribution in [3.8, 4) is 0 Å². The minimum atomic E-state index is -1.53. The highest BCUT2D eigenvalue weighted by molar-refractivity contribution is 6.61. The number of rotatable bonds is 2. The van der Waals surface area contributed by atoms with Crippen molar-refractivity contribution in [2.75, 3.05) is 13.2 Å². The maximum Gasteiger partial charge on any atom is 0.490 e. The molecule has 2 aromatic rings. The molecule has 0 amide bonds. The van der Waals surface area contributed by atoms with E-state index in [9.17, 15) is 10.0 Å². The molecule has 94 valence electrons. The van der Waals surface area contributed by atoms with Crippen LogP contribution < -0.4 is 5.46 Å². The van der Waals surface area contributed by atoms with Crippen molar-refractivity contribution in [3.05, 3.63) is 18.6 Å². The SMILES string of the molecule is OB(O)c1cncc2c1cnn2C1CCCOC1. The van der Waals surface area contributed by atoms with Crippen LogP contribution in [0.5, 0.6) is 0 Å². The highest BCUT2D eigenvalue weighted by atomic mass is 16.5. The van der Waals surface area contributed by atoms with Gasteiger partial charge in [0.1, 0.15) is 0 Å². The van der Waals surface area contributed by atoms with Crippen molar-refractivity contribution >= 4 is 23.5 Å². The van der Waals surface area contributed by atoms with E-state index >= 15 is 0 Å². The van der Waals surface area contributed by atoms with Crippen molar-refractivity contribution < 1.29 is 14.8 Å². The smallest absolute Gasteiger partial charge is 0.423 e. The lowest BCUT2D eigenvalue weighted by Gasteiger charge is -2.23. The van der Waals surface area contributed by atoms with Gasteiger partial charge in [0.15, 0.2) is 0 Å². The molecule has 3 rings (SSSR count). The molecule has 1 aliphatic rings. The molecule has 1 unspecified atom stereocenters. The van der Waals surface area contributed by atoms with Gasteiger partial charge < -0.3 is 14.8 Å². The predicted octanol–water partition coefficient (Wildman–Crippen LogP) is -0.537. The Balaban J connectivity index is 2.06. The quantitative estimate of drug-likeness (QED) is 0.697. The summed E-state index contributed by atoms with van der Waals surface area (Å²) in [6.45, 7) is 1.44. The molecular weight excluding hydrogens is 233 g/mol. The Hall–Kier alpha value is -1.44. The Morgan fingerprint density at radius 2 is 2.22 bits per heavy atom. The third-order valence-corrected chi connectivity index (χ3v) is 3.32. The molecule has 1 aliphatic heterocycles. The summed E-state index contributed by atoms with van der Waals surface area (Å²) in [6, 6.07) is 0.198. The van der Waals surface area contributed by atoms with E-state index in [1.165, 1.54) is 6.20 Å². The van der Waals surface area contributed by atoms with Crippen molar-refractivity contribution in [2.24, 2.45) is 0 Å². The number of fused-ring (bicyclic) bond motifs is 1. The Morgan fingerprint density at radius 1 is 1.33 bits per heavy atom. The minimum absolute atomic E-state index is 0.198. The van der Waals surface area contributed by atoms with Gasteiger partial charge in [0.05, 0.1) is 30.6 Å². The van der Waals surface area contributed by atoms with Crippen molar-refractivity contribution in [3.63, 3.8) is 0 Å². The van der Waals surface area contributed by atoms with Crippen LogP contribution in [0.15, 0.2) is 18.6 Å². The fourth-order valence-electron chi connectivity index (χ4n) is 2.39. The lowest BCUT2D eigenvalue weighted by Crippen LogP contribution is -2.30. The zero-order valence-corrected chi connectivity index (χ0v) is 9.86. The molecular formula is C11H14BN3O3. The Bertz CT molecular complexity index is 551. The maximum absolute atomic E-state index is 9.30. The van der Waals surface area contributed by atoms with E-state index in [1.807, 2.05) is 4.68 Å². The molecule has 2 aromatic heterocycles. The summed E-state index contributed by atoms with van der Waals surface area (Å²) < 4.78 is 7.32. The summed E-state index contributed by atoms with van der Waals surface area (Å²) in [7, 11) is -1.53. The number of hydrogen-bond donors (Lipinski definition) is 2. The van der Waals surface area contributed by atoms with Crippen LogP contribution in [0.3, 0.4) is 0 Å². The first-order valence-corrected chi connectivity index (χ1v) is 6.02. The second kappa shape index (κ2) is 4.68. The van der Waals surface area contributed by atoms with E-state index in [0.29, 0.717) is 12.1 Å². The van der Waals surface area contributed by atoms with E-state index in [1.54, 1.807) is 12.4 Å². The third kappa shape index (κ3) is 1.90. The molecule has 1 fully saturated rings. The first-order chi connectivity index (χ1) is 8.77. The van der Waals surface area contributed by atoms with Crippen LogP contribution >= 0.6 is 0 Å². The highest BCUT2D eigenvalue weighted by Crippen LogP contribution is 2.22. The second-order valence-corrected chi connectivity index (χ2v) is 4.50. The normalized spacial score (nSPS) is 20.2.